The van der Waals surface area contributed by atoms with E-state index in [1.54, 1.807) is 12.1 Å². The van der Waals surface area contributed by atoms with Crippen LogP contribution in [0.25, 0.3) is 0 Å². The van der Waals surface area contributed by atoms with Crippen LogP contribution in [0.5, 0.6) is 0 Å². The van der Waals surface area contributed by atoms with Crippen molar-refractivity contribution in [2.24, 2.45) is 5.92 Å². The fourth-order valence-corrected chi connectivity index (χ4v) is 3.02. The molecule has 1 heterocycles. The molecule has 0 bridgehead atoms. The lowest BCUT2D eigenvalue weighted by atomic mass is 10.0. The Morgan fingerprint density at radius 3 is 2.33 bits per heavy atom. The molecule has 0 aromatic heterocycles. The normalized spacial score (nSPS) is 26.2. The number of nitrogens with zero attached hydrogens (tertiary/aromatic N) is 1. The average Bonchev–Trinajstić information content (AvgIpc) is 2.80. The van der Waals surface area contributed by atoms with Gasteiger partial charge in [0, 0.05) is 31.2 Å². The van der Waals surface area contributed by atoms with Gasteiger partial charge in [-0.1, -0.05) is 19.1 Å². The van der Waals surface area contributed by atoms with Gasteiger partial charge in [0.2, 0.25) is 0 Å². The Labute approximate surface area is 127 Å². The van der Waals surface area contributed by atoms with E-state index in [1.807, 2.05) is 6.92 Å². The second-order valence-electron chi connectivity index (χ2n) is 6.58. The molecular weight excluding hydrogens is 267 g/mol. The van der Waals surface area contributed by atoms with Crippen LogP contribution in [0.3, 0.4) is 0 Å². The third kappa shape index (κ3) is 4.02. The van der Waals surface area contributed by atoms with E-state index in [0.29, 0.717) is 18.0 Å². The topological polar surface area (TPSA) is 35.5 Å². The van der Waals surface area contributed by atoms with Crippen LogP contribution in [0.4, 0.5) is 4.39 Å². The first-order valence-electron chi connectivity index (χ1n) is 7.82. The summed E-state index contributed by atoms with van der Waals surface area (Å²) in [7, 11) is 0. The summed E-state index contributed by atoms with van der Waals surface area (Å²) in [4.78, 5) is 2.46. The summed E-state index contributed by atoms with van der Waals surface area (Å²) in [5.41, 5.74) is 0.753. The summed E-state index contributed by atoms with van der Waals surface area (Å²) in [6.45, 7) is 10.8. The molecular formula is C17H27FN2O. The van der Waals surface area contributed by atoms with E-state index in [2.05, 4.69) is 31.0 Å². The molecule has 1 saturated heterocycles. The molecule has 2 N–H and O–H groups in total. The van der Waals surface area contributed by atoms with Crippen LogP contribution in [0.15, 0.2) is 24.3 Å². The summed E-state index contributed by atoms with van der Waals surface area (Å²) in [5, 5.41) is 13.9. The lowest BCUT2D eigenvalue weighted by Gasteiger charge is -2.27. The van der Waals surface area contributed by atoms with Crippen LogP contribution in [0.2, 0.25) is 0 Å². The number of aliphatic hydroxyl groups is 1. The summed E-state index contributed by atoms with van der Waals surface area (Å²) in [5.74, 6) is 0.291. The van der Waals surface area contributed by atoms with Crippen molar-refractivity contribution >= 4 is 0 Å². The Kier molecular flexibility index (Phi) is 5.36. The van der Waals surface area contributed by atoms with Gasteiger partial charge >= 0.3 is 0 Å². The zero-order valence-electron chi connectivity index (χ0n) is 13.4. The molecule has 1 aliphatic heterocycles. The third-order valence-electron chi connectivity index (χ3n) is 4.53. The monoisotopic (exact) mass is 294 g/mol. The van der Waals surface area contributed by atoms with Crippen LogP contribution in [-0.4, -0.2) is 41.2 Å². The third-order valence-corrected chi connectivity index (χ3v) is 4.53. The van der Waals surface area contributed by atoms with Gasteiger partial charge in [0.1, 0.15) is 5.82 Å². The largest absolute Gasteiger partial charge is 0.387 e. The molecule has 4 atom stereocenters. The second-order valence-corrected chi connectivity index (χ2v) is 6.58. The predicted octanol–water partition coefficient (Wildman–Crippen LogP) is 2.57. The maximum absolute atomic E-state index is 12.9. The van der Waals surface area contributed by atoms with Crippen molar-refractivity contribution in [1.29, 1.82) is 0 Å². The van der Waals surface area contributed by atoms with E-state index in [0.717, 1.165) is 18.7 Å². The molecule has 118 valence electrons. The van der Waals surface area contributed by atoms with Gasteiger partial charge in [-0.15, -0.1) is 0 Å². The molecule has 2 rings (SSSR count). The van der Waals surface area contributed by atoms with E-state index in [-0.39, 0.29) is 11.9 Å². The summed E-state index contributed by atoms with van der Waals surface area (Å²) < 4.78 is 12.9. The minimum absolute atomic E-state index is 0.0602. The molecule has 1 fully saturated rings. The van der Waals surface area contributed by atoms with Crippen molar-refractivity contribution < 1.29 is 9.50 Å². The number of aliphatic hydroxyl groups excluding tert-OH is 1. The molecule has 21 heavy (non-hydrogen) atoms. The van der Waals surface area contributed by atoms with Crippen molar-refractivity contribution in [3.63, 3.8) is 0 Å². The van der Waals surface area contributed by atoms with Crippen LogP contribution in [-0.2, 0) is 0 Å². The molecule has 1 aliphatic rings. The van der Waals surface area contributed by atoms with Gasteiger partial charge in [-0.2, -0.15) is 0 Å². The van der Waals surface area contributed by atoms with E-state index >= 15 is 0 Å². The maximum Gasteiger partial charge on any atom is 0.123 e. The van der Waals surface area contributed by atoms with E-state index in [9.17, 15) is 9.50 Å². The van der Waals surface area contributed by atoms with Crippen LogP contribution >= 0.6 is 0 Å². The Balaban J connectivity index is 1.94. The molecule has 1 aromatic carbocycles. The SMILES string of the molecule is CC(C)N1C[C@@H](C)[C@@H](N[C@@H](C)[C@H](O)c2ccc(F)cc2)C1. The van der Waals surface area contributed by atoms with E-state index in [1.165, 1.54) is 12.1 Å². The first-order valence-corrected chi connectivity index (χ1v) is 7.82. The smallest absolute Gasteiger partial charge is 0.123 e. The summed E-state index contributed by atoms with van der Waals surface area (Å²) in [6, 6.07) is 6.96. The predicted molar refractivity (Wildman–Crippen MR) is 83.6 cm³/mol. The molecule has 4 heteroatoms. The molecule has 0 spiro atoms. The standard InChI is InChI=1S/C17H27FN2O/c1-11(2)20-9-12(3)16(10-20)19-13(4)17(21)14-5-7-15(18)8-6-14/h5-8,11-13,16-17,19,21H,9-10H2,1-4H3/t12-,13+,16+,17+/m1/s1. The first kappa shape index (κ1) is 16.4. The number of hydrogen-bond acceptors (Lipinski definition) is 3. The quantitative estimate of drug-likeness (QED) is 0.876. The summed E-state index contributed by atoms with van der Waals surface area (Å²) in [6.07, 6.45) is -0.620. The number of halogens is 1. The molecule has 0 saturated carbocycles. The Hall–Kier alpha value is -0.970. The van der Waals surface area contributed by atoms with Crippen LogP contribution in [0.1, 0.15) is 39.4 Å². The highest BCUT2D eigenvalue weighted by atomic mass is 19.1. The van der Waals surface area contributed by atoms with Gasteiger partial charge < -0.3 is 10.4 Å². The van der Waals surface area contributed by atoms with Crippen LogP contribution in [0, 0.1) is 11.7 Å². The fourth-order valence-electron chi connectivity index (χ4n) is 3.02. The summed E-state index contributed by atoms with van der Waals surface area (Å²) >= 11 is 0. The molecule has 3 nitrogen and oxygen atoms in total. The number of rotatable bonds is 5. The zero-order chi connectivity index (χ0) is 15.6. The van der Waals surface area contributed by atoms with Crippen molar-refractivity contribution in [3.05, 3.63) is 35.6 Å². The highest BCUT2D eigenvalue weighted by Crippen LogP contribution is 2.22. The van der Waals surface area contributed by atoms with Gasteiger partial charge in [-0.3, -0.25) is 4.90 Å². The van der Waals surface area contributed by atoms with Crippen molar-refractivity contribution in [2.45, 2.75) is 51.9 Å². The van der Waals surface area contributed by atoms with Gasteiger partial charge in [-0.25, -0.2) is 4.39 Å². The molecule has 0 aliphatic carbocycles. The van der Waals surface area contributed by atoms with Crippen molar-refractivity contribution in [1.82, 2.24) is 10.2 Å². The Morgan fingerprint density at radius 2 is 1.81 bits per heavy atom. The lowest BCUT2D eigenvalue weighted by molar-refractivity contribution is 0.126. The number of likely N-dealkylation sites (tertiary alicyclic amines) is 1. The van der Waals surface area contributed by atoms with Gasteiger partial charge in [-0.05, 0) is 44.4 Å². The lowest BCUT2D eigenvalue weighted by Crippen LogP contribution is -2.44. The van der Waals surface area contributed by atoms with Crippen molar-refractivity contribution in [2.75, 3.05) is 13.1 Å². The van der Waals surface area contributed by atoms with E-state index < -0.39 is 6.10 Å². The second kappa shape index (κ2) is 6.86. The average molecular weight is 294 g/mol. The number of benzene rings is 1. The zero-order valence-corrected chi connectivity index (χ0v) is 13.4. The Bertz CT molecular complexity index is 449. The van der Waals surface area contributed by atoms with Crippen LogP contribution < -0.4 is 5.32 Å². The highest BCUT2D eigenvalue weighted by Gasteiger charge is 2.32. The van der Waals surface area contributed by atoms with E-state index in [4.69, 9.17) is 0 Å². The number of nitrogens with one attached hydrogen (secondary N) is 1. The first-order chi connectivity index (χ1) is 9.88. The minimum atomic E-state index is -0.620. The van der Waals surface area contributed by atoms with Crippen molar-refractivity contribution in [3.8, 4) is 0 Å². The molecule has 0 unspecified atom stereocenters. The Morgan fingerprint density at radius 1 is 1.19 bits per heavy atom. The highest BCUT2D eigenvalue weighted by molar-refractivity contribution is 5.19. The van der Waals surface area contributed by atoms with Gasteiger partial charge in [0.05, 0.1) is 6.10 Å². The fraction of sp³-hybridized carbons (Fsp3) is 0.647. The molecule has 0 amide bonds. The minimum Gasteiger partial charge on any atom is -0.387 e. The molecule has 1 aromatic rings. The van der Waals surface area contributed by atoms with Gasteiger partial charge in [0.15, 0.2) is 0 Å². The van der Waals surface area contributed by atoms with Gasteiger partial charge in [0.25, 0.3) is 0 Å². The molecule has 0 radical (unpaired) electrons. The number of hydrogen-bond donors (Lipinski definition) is 2. The maximum atomic E-state index is 12.9.